The zero-order valence-corrected chi connectivity index (χ0v) is 20.7. The second-order valence-corrected chi connectivity index (χ2v) is 8.79. The number of benzene rings is 3. The molecule has 33 heavy (non-hydrogen) atoms. The lowest BCUT2D eigenvalue weighted by Gasteiger charge is -2.31. The van der Waals surface area contributed by atoms with E-state index in [-0.39, 0.29) is 25.0 Å². The zero-order valence-electron chi connectivity index (χ0n) is 18.3. The lowest BCUT2D eigenvalue weighted by Crippen LogP contribution is -2.51. The van der Waals surface area contributed by atoms with E-state index in [0.29, 0.717) is 23.7 Å². The molecule has 0 unspecified atom stereocenters. The predicted octanol–water partition coefficient (Wildman–Crippen LogP) is 5.26. The summed E-state index contributed by atoms with van der Waals surface area (Å²) in [4.78, 5) is 28.1. The van der Waals surface area contributed by atoms with Crippen LogP contribution in [0.3, 0.4) is 0 Å². The Hall–Kier alpha value is -2.83. The summed E-state index contributed by atoms with van der Waals surface area (Å²) in [5.74, 6) is -0.0946. The number of carbonyl (C=O) groups is 2. The molecule has 1 N–H and O–H groups in total. The molecular weight excluding hydrogens is 504 g/mol. The van der Waals surface area contributed by atoms with Gasteiger partial charge >= 0.3 is 0 Å². The van der Waals surface area contributed by atoms with E-state index in [1.165, 1.54) is 0 Å². The summed E-state index contributed by atoms with van der Waals surface area (Å²) in [5, 5.41) is 3.28. The van der Waals surface area contributed by atoms with E-state index in [9.17, 15) is 9.59 Å². The smallest absolute Gasteiger partial charge is 0.261 e. The maximum atomic E-state index is 13.4. The maximum absolute atomic E-state index is 13.4. The number of rotatable bonds is 10. The van der Waals surface area contributed by atoms with Gasteiger partial charge in [-0.05, 0) is 36.2 Å². The van der Waals surface area contributed by atoms with Crippen molar-refractivity contribution in [2.24, 2.45) is 0 Å². The second kappa shape index (κ2) is 12.4. The Labute approximate surface area is 207 Å². The fourth-order valence-electron chi connectivity index (χ4n) is 3.44. The Bertz CT molecular complexity index is 1060. The van der Waals surface area contributed by atoms with Gasteiger partial charge in [0.1, 0.15) is 11.8 Å². The SMILES string of the molecule is CCNC(=O)[C@H](Cc1ccccc1)N(Cc1ccccc1)C(=O)COc1ccc(Br)cc1Cl. The van der Waals surface area contributed by atoms with Crippen LogP contribution in [-0.2, 0) is 22.6 Å². The van der Waals surface area contributed by atoms with Crippen LogP contribution in [0.1, 0.15) is 18.1 Å². The van der Waals surface area contributed by atoms with Crippen molar-refractivity contribution in [3.05, 3.63) is 99.5 Å². The fourth-order valence-corrected chi connectivity index (χ4v) is 4.17. The van der Waals surface area contributed by atoms with Crippen molar-refractivity contribution < 1.29 is 14.3 Å². The molecule has 0 saturated heterocycles. The Morgan fingerprint density at radius 3 is 2.24 bits per heavy atom. The molecule has 172 valence electrons. The van der Waals surface area contributed by atoms with Gasteiger partial charge in [-0.25, -0.2) is 0 Å². The molecule has 0 heterocycles. The number of nitrogens with one attached hydrogen (secondary N) is 1. The first-order chi connectivity index (χ1) is 16.0. The van der Waals surface area contributed by atoms with Crippen molar-refractivity contribution in [1.29, 1.82) is 0 Å². The third kappa shape index (κ3) is 7.34. The van der Waals surface area contributed by atoms with Gasteiger partial charge in [0.15, 0.2) is 6.61 Å². The Morgan fingerprint density at radius 1 is 1.00 bits per heavy atom. The molecule has 0 aromatic heterocycles. The van der Waals surface area contributed by atoms with Gasteiger partial charge in [0.25, 0.3) is 5.91 Å². The van der Waals surface area contributed by atoms with Gasteiger partial charge in [0.2, 0.25) is 5.91 Å². The number of hydrogen-bond donors (Lipinski definition) is 1. The Morgan fingerprint density at radius 2 is 1.64 bits per heavy atom. The van der Waals surface area contributed by atoms with Crippen molar-refractivity contribution in [2.45, 2.75) is 25.9 Å². The minimum atomic E-state index is -0.691. The topological polar surface area (TPSA) is 58.6 Å². The first-order valence-electron chi connectivity index (χ1n) is 10.7. The van der Waals surface area contributed by atoms with E-state index in [4.69, 9.17) is 16.3 Å². The third-order valence-electron chi connectivity index (χ3n) is 5.06. The summed E-state index contributed by atoms with van der Waals surface area (Å²) in [7, 11) is 0. The van der Waals surface area contributed by atoms with Crippen LogP contribution in [0.2, 0.25) is 5.02 Å². The highest BCUT2D eigenvalue weighted by Gasteiger charge is 2.30. The van der Waals surface area contributed by atoms with Gasteiger partial charge in [0.05, 0.1) is 5.02 Å². The number of amides is 2. The predicted molar refractivity (Wildman–Crippen MR) is 134 cm³/mol. The molecule has 5 nitrogen and oxygen atoms in total. The number of ether oxygens (including phenoxy) is 1. The first-order valence-corrected chi connectivity index (χ1v) is 11.9. The zero-order chi connectivity index (χ0) is 23.6. The summed E-state index contributed by atoms with van der Waals surface area (Å²) >= 11 is 9.60. The van der Waals surface area contributed by atoms with E-state index < -0.39 is 6.04 Å². The quantitative estimate of drug-likeness (QED) is 0.390. The molecule has 3 aromatic carbocycles. The molecule has 0 radical (unpaired) electrons. The molecule has 0 fully saturated rings. The highest BCUT2D eigenvalue weighted by atomic mass is 79.9. The van der Waals surface area contributed by atoms with Crippen LogP contribution in [0.15, 0.2) is 83.3 Å². The Balaban J connectivity index is 1.87. The van der Waals surface area contributed by atoms with Crippen LogP contribution in [0.4, 0.5) is 0 Å². The minimum absolute atomic E-state index is 0.202. The lowest BCUT2D eigenvalue weighted by molar-refractivity contribution is -0.142. The molecule has 0 aliphatic rings. The third-order valence-corrected chi connectivity index (χ3v) is 5.85. The molecule has 1 atom stereocenters. The van der Waals surface area contributed by atoms with Crippen LogP contribution < -0.4 is 10.1 Å². The molecule has 3 rings (SSSR count). The standard InChI is InChI=1S/C26H26BrClN2O3/c1-2-29-26(32)23(15-19-9-5-3-6-10-19)30(17-20-11-7-4-8-12-20)25(31)18-33-24-14-13-21(27)16-22(24)28/h3-14,16,23H,2,15,17-18H2,1H3,(H,29,32)/t23-/m0/s1. The Kier molecular flexibility index (Phi) is 9.34. The van der Waals surface area contributed by atoms with Gasteiger partial charge in [0, 0.05) is 24.0 Å². The minimum Gasteiger partial charge on any atom is -0.482 e. The summed E-state index contributed by atoms with van der Waals surface area (Å²) in [6.07, 6.45) is 0.393. The molecule has 0 aliphatic heterocycles. The van der Waals surface area contributed by atoms with Gasteiger partial charge in [-0.15, -0.1) is 0 Å². The number of nitrogens with zero attached hydrogens (tertiary/aromatic N) is 1. The number of carbonyl (C=O) groups excluding carboxylic acids is 2. The van der Waals surface area contributed by atoms with Crippen molar-refractivity contribution in [1.82, 2.24) is 10.2 Å². The van der Waals surface area contributed by atoms with E-state index in [1.807, 2.05) is 67.6 Å². The van der Waals surface area contributed by atoms with Crippen molar-refractivity contribution in [3.63, 3.8) is 0 Å². The van der Waals surface area contributed by atoms with E-state index >= 15 is 0 Å². The summed E-state index contributed by atoms with van der Waals surface area (Å²) in [5.41, 5.74) is 1.89. The van der Waals surface area contributed by atoms with Gasteiger partial charge in [-0.1, -0.05) is 88.2 Å². The highest BCUT2D eigenvalue weighted by Crippen LogP contribution is 2.28. The highest BCUT2D eigenvalue weighted by molar-refractivity contribution is 9.10. The average Bonchev–Trinajstić information content (AvgIpc) is 2.82. The molecular formula is C26H26BrClN2O3. The maximum Gasteiger partial charge on any atom is 0.261 e. The van der Waals surface area contributed by atoms with Crippen LogP contribution in [0, 0.1) is 0 Å². The molecule has 0 bridgehead atoms. The number of likely N-dealkylation sites (N-methyl/N-ethyl adjacent to an activating group) is 1. The van der Waals surface area contributed by atoms with E-state index in [2.05, 4.69) is 21.2 Å². The molecule has 2 amide bonds. The van der Waals surface area contributed by atoms with Gasteiger partial charge < -0.3 is 15.0 Å². The monoisotopic (exact) mass is 528 g/mol. The van der Waals surface area contributed by atoms with Gasteiger partial charge in [-0.2, -0.15) is 0 Å². The summed E-state index contributed by atoms with van der Waals surface area (Å²) in [6.45, 7) is 2.38. The van der Waals surface area contributed by atoms with Crippen molar-refractivity contribution >= 4 is 39.3 Å². The molecule has 0 spiro atoms. The van der Waals surface area contributed by atoms with Crippen LogP contribution in [-0.4, -0.2) is 35.9 Å². The average molecular weight is 530 g/mol. The lowest BCUT2D eigenvalue weighted by atomic mass is 10.0. The van der Waals surface area contributed by atoms with Crippen LogP contribution in [0.5, 0.6) is 5.75 Å². The van der Waals surface area contributed by atoms with E-state index in [0.717, 1.165) is 15.6 Å². The van der Waals surface area contributed by atoms with E-state index in [1.54, 1.807) is 23.1 Å². The second-order valence-electron chi connectivity index (χ2n) is 7.47. The van der Waals surface area contributed by atoms with Crippen molar-refractivity contribution in [3.8, 4) is 5.75 Å². The summed E-state index contributed by atoms with van der Waals surface area (Å²) < 4.78 is 6.55. The molecule has 7 heteroatoms. The van der Waals surface area contributed by atoms with Gasteiger partial charge in [-0.3, -0.25) is 9.59 Å². The number of hydrogen-bond acceptors (Lipinski definition) is 3. The first kappa shape index (κ1) is 24.8. The fraction of sp³-hybridized carbons (Fsp3) is 0.231. The van der Waals surface area contributed by atoms with Crippen LogP contribution in [0.25, 0.3) is 0 Å². The van der Waals surface area contributed by atoms with Crippen molar-refractivity contribution in [2.75, 3.05) is 13.2 Å². The normalized spacial score (nSPS) is 11.5. The largest absolute Gasteiger partial charge is 0.482 e. The number of halogens is 2. The van der Waals surface area contributed by atoms with Crippen LogP contribution >= 0.6 is 27.5 Å². The molecule has 0 aliphatic carbocycles. The molecule has 0 saturated carbocycles. The summed E-state index contributed by atoms with van der Waals surface area (Å²) in [6, 6.07) is 23.8. The molecule has 3 aromatic rings.